The maximum Gasteiger partial charge on any atom is 0.432 e. The van der Waals surface area contributed by atoms with Gasteiger partial charge in [0.2, 0.25) is 0 Å². The molecule has 2 fully saturated rings. The van der Waals surface area contributed by atoms with E-state index >= 15 is 0 Å². The van der Waals surface area contributed by atoms with Crippen molar-refractivity contribution >= 4 is 22.6 Å². The van der Waals surface area contributed by atoms with E-state index in [1.165, 1.54) is 4.90 Å². The Morgan fingerprint density at radius 1 is 1.03 bits per heavy atom. The number of carbonyl (C=O) groups is 1. The number of anilines is 1. The number of piperidine rings is 1. The summed E-state index contributed by atoms with van der Waals surface area (Å²) in [6.07, 6.45) is 0.123. The number of halogens is 3. The van der Waals surface area contributed by atoms with E-state index in [4.69, 9.17) is 4.98 Å². The molecule has 0 unspecified atom stereocenters. The second-order valence-corrected chi connectivity index (χ2v) is 8.84. The monoisotopic (exact) mass is 474 g/mol. The number of H-pyrrole nitrogens is 1. The summed E-state index contributed by atoms with van der Waals surface area (Å²) in [5.74, 6) is -0.422. The summed E-state index contributed by atoms with van der Waals surface area (Å²) in [5, 5.41) is 5.45. The molecule has 2 saturated heterocycles. The highest BCUT2D eigenvalue weighted by atomic mass is 19.4. The summed E-state index contributed by atoms with van der Waals surface area (Å²) >= 11 is 0. The van der Waals surface area contributed by atoms with Crippen molar-refractivity contribution in [1.29, 1.82) is 0 Å². The van der Waals surface area contributed by atoms with E-state index < -0.39 is 17.8 Å². The predicted octanol–water partition coefficient (Wildman–Crippen LogP) is 2.54. The van der Waals surface area contributed by atoms with Crippen LogP contribution in [0, 0.1) is 0 Å². The number of pyridine rings is 1. The summed E-state index contributed by atoms with van der Waals surface area (Å²) in [7, 11) is 2.11. The first-order valence-electron chi connectivity index (χ1n) is 11.3. The molecule has 0 aliphatic carbocycles. The molecule has 0 spiro atoms. The number of amides is 1. The van der Waals surface area contributed by atoms with Gasteiger partial charge in [-0.2, -0.15) is 18.3 Å². The lowest BCUT2D eigenvalue weighted by Gasteiger charge is -2.34. The standard InChI is InChI=1S/C22H25F3N8O/c1-31-6-8-32(9-7-31)15-10-16-20(26-12-15)19(28-13-27-16)14-2-4-33(5-3-14)21(34)17-11-18(30-29-17)22(23,24)25/h10-14H,2-9H2,1H3,(H,29,30). The van der Waals surface area contributed by atoms with Gasteiger partial charge in [-0.25, -0.2) is 9.97 Å². The Labute approximate surface area is 194 Å². The van der Waals surface area contributed by atoms with Gasteiger partial charge in [-0.15, -0.1) is 0 Å². The molecule has 12 heteroatoms. The molecule has 0 aromatic carbocycles. The number of aromatic amines is 1. The van der Waals surface area contributed by atoms with Crippen LogP contribution in [0.15, 0.2) is 24.7 Å². The first-order chi connectivity index (χ1) is 16.3. The number of rotatable bonds is 3. The molecule has 0 bridgehead atoms. The molecule has 5 heterocycles. The van der Waals surface area contributed by atoms with Crippen molar-refractivity contribution in [3.8, 4) is 0 Å². The minimum atomic E-state index is -4.57. The van der Waals surface area contributed by atoms with E-state index in [0.29, 0.717) is 25.9 Å². The molecular weight excluding hydrogens is 449 g/mol. The van der Waals surface area contributed by atoms with Crippen LogP contribution in [-0.4, -0.2) is 87.2 Å². The van der Waals surface area contributed by atoms with Gasteiger partial charge in [0.1, 0.15) is 17.5 Å². The van der Waals surface area contributed by atoms with Gasteiger partial charge in [-0.05, 0) is 26.0 Å². The van der Waals surface area contributed by atoms with E-state index in [-0.39, 0.29) is 11.6 Å². The summed E-state index contributed by atoms with van der Waals surface area (Å²) < 4.78 is 38.4. The number of likely N-dealkylation sites (tertiary alicyclic amines) is 1. The smallest absolute Gasteiger partial charge is 0.368 e. The molecule has 5 rings (SSSR count). The third-order valence-corrected chi connectivity index (χ3v) is 6.63. The van der Waals surface area contributed by atoms with Crippen LogP contribution in [0.25, 0.3) is 11.0 Å². The zero-order valence-electron chi connectivity index (χ0n) is 18.7. The normalized spacial score (nSPS) is 18.6. The van der Waals surface area contributed by atoms with Gasteiger partial charge < -0.3 is 14.7 Å². The average Bonchev–Trinajstić information content (AvgIpc) is 3.35. The second-order valence-electron chi connectivity index (χ2n) is 8.84. The predicted molar refractivity (Wildman–Crippen MR) is 119 cm³/mol. The SMILES string of the molecule is CN1CCN(c2cnc3c(C4CCN(C(=O)c5cc(C(F)(F)F)[nH]n5)CC4)ncnc3c2)CC1. The number of nitrogens with zero attached hydrogens (tertiary/aromatic N) is 7. The molecule has 2 aliphatic rings. The molecule has 0 radical (unpaired) electrons. The Bertz CT molecular complexity index is 1180. The number of hydrogen-bond acceptors (Lipinski definition) is 7. The van der Waals surface area contributed by atoms with E-state index in [0.717, 1.165) is 54.7 Å². The number of hydrogen-bond donors (Lipinski definition) is 1. The number of aromatic nitrogens is 5. The Morgan fingerprint density at radius 3 is 2.44 bits per heavy atom. The highest BCUT2D eigenvalue weighted by molar-refractivity contribution is 5.92. The van der Waals surface area contributed by atoms with Gasteiger partial charge in [-0.3, -0.25) is 14.9 Å². The van der Waals surface area contributed by atoms with Crippen LogP contribution >= 0.6 is 0 Å². The van der Waals surface area contributed by atoms with Crippen LogP contribution in [0.5, 0.6) is 0 Å². The minimum Gasteiger partial charge on any atom is -0.368 e. The fourth-order valence-corrected chi connectivity index (χ4v) is 4.58. The Morgan fingerprint density at radius 2 is 1.76 bits per heavy atom. The quantitative estimate of drug-likeness (QED) is 0.624. The minimum absolute atomic E-state index is 0.0847. The fraction of sp³-hybridized carbons (Fsp3) is 0.500. The summed E-state index contributed by atoms with van der Waals surface area (Å²) in [4.78, 5) is 32.4. The molecule has 34 heavy (non-hydrogen) atoms. The molecule has 180 valence electrons. The summed E-state index contributed by atoms with van der Waals surface area (Å²) in [6.45, 7) is 4.69. The number of likely N-dealkylation sites (N-methyl/N-ethyl adjacent to an activating group) is 1. The average molecular weight is 474 g/mol. The third-order valence-electron chi connectivity index (χ3n) is 6.63. The number of fused-ring (bicyclic) bond motifs is 1. The number of piperazine rings is 1. The van der Waals surface area contributed by atoms with Gasteiger partial charge >= 0.3 is 6.18 Å². The summed E-state index contributed by atoms with van der Waals surface area (Å²) in [5.41, 5.74) is 2.18. The Kier molecular flexibility index (Phi) is 5.84. The molecule has 3 aromatic heterocycles. The highest BCUT2D eigenvalue weighted by Gasteiger charge is 2.35. The molecule has 0 saturated carbocycles. The van der Waals surface area contributed by atoms with Crippen LogP contribution in [0.2, 0.25) is 0 Å². The third kappa shape index (κ3) is 4.41. The fourth-order valence-electron chi connectivity index (χ4n) is 4.58. The lowest BCUT2D eigenvalue weighted by Crippen LogP contribution is -2.44. The summed E-state index contributed by atoms with van der Waals surface area (Å²) in [6, 6.07) is 2.81. The zero-order valence-corrected chi connectivity index (χ0v) is 18.7. The highest BCUT2D eigenvalue weighted by Crippen LogP contribution is 2.32. The van der Waals surface area contributed by atoms with Crippen LogP contribution in [0.4, 0.5) is 18.9 Å². The van der Waals surface area contributed by atoms with Crippen LogP contribution in [-0.2, 0) is 6.18 Å². The van der Waals surface area contributed by atoms with E-state index in [1.807, 2.05) is 17.4 Å². The van der Waals surface area contributed by atoms with E-state index in [2.05, 4.69) is 31.9 Å². The topological polar surface area (TPSA) is 94.1 Å². The Balaban J connectivity index is 1.28. The van der Waals surface area contributed by atoms with Crippen molar-refractivity contribution < 1.29 is 18.0 Å². The first-order valence-corrected chi connectivity index (χ1v) is 11.3. The van der Waals surface area contributed by atoms with Crippen molar-refractivity contribution in [1.82, 2.24) is 34.9 Å². The Hall–Kier alpha value is -3.28. The molecule has 3 aromatic rings. The zero-order chi connectivity index (χ0) is 23.9. The van der Waals surface area contributed by atoms with Gasteiger partial charge in [0.05, 0.1) is 23.1 Å². The van der Waals surface area contributed by atoms with Crippen molar-refractivity contribution in [3.05, 3.63) is 41.7 Å². The largest absolute Gasteiger partial charge is 0.432 e. The van der Waals surface area contributed by atoms with Crippen molar-refractivity contribution in [2.45, 2.75) is 24.9 Å². The second kappa shape index (κ2) is 8.82. The van der Waals surface area contributed by atoms with Gasteiger partial charge in [0, 0.05) is 51.3 Å². The van der Waals surface area contributed by atoms with Gasteiger partial charge in [-0.1, -0.05) is 0 Å². The van der Waals surface area contributed by atoms with E-state index in [9.17, 15) is 18.0 Å². The van der Waals surface area contributed by atoms with Crippen LogP contribution in [0.3, 0.4) is 0 Å². The molecule has 1 amide bonds. The van der Waals surface area contributed by atoms with Crippen molar-refractivity contribution in [2.24, 2.45) is 0 Å². The number of alkyl halides is 3. The molecule has 0 atom stereocenters. The lowest BCUT2D eigenvalue weighted by atomic mass is 9.92. The van der Waals surface area contributed by atoms with Crippen LogP contribution in [0.1, 0.15) is 40.6 Å². The van der Waals surface area contributed by atoms with Crippen LogP contribution < -0.4 is 4.90 Å². The van der Waals surface area contributed by atoms with Crippen molar-refractivity contribution in [2.75, 3.05) is 51.2 Å². The molecular formula is C22H25F3N8O. The first kappa shape index (κ1) is 22.5. The number of carbonyl (C=O) groups excluding carboxylic acids is 1. The number of nitrogens with one attached hydrogen (secondary N) is 1. The molecule has 2 aliphatic heterocycles. The van der Waals surface area contributed by atoms with E-state index in [1.54, 1.807) is 6.33 Å². The lowest BCUT2D eigenvalue weighted by molar-refractivity contribution is -0.141. The maximum atomic E-state index is 12.8. The maximum absolute atomic E-state index is 12.8. The van der Waals surface area contributed by atoms with Gasteiger partial charge in [0.15, 0.2) is 5.69 Å². The van der Waals surface area contributed by atoms with Crippen molar-refractivity contribution in [3.63, 3.8) is 0 Å². The molecule has 1 N–H and O–H groups in total. The van der Waals surface area contributed by atoms with Gasteiger partial charge in [0.25, 0.3) is 5.91 Å². The molecule has 9 nitrogen and oxygen atoms in total.